The highest BCUT2D eigenvalue weighted by molar-refractivity contribution is 5.24. The fourth-order valence-electron chi connectivity index (χ4n) is 11.0. The van der Waals surface area contributed by atoms with Gasteiger partial charge in [-0.2, -0.15) is 0 Å². The predicted molar refractivity (Wildman–Crippen MR) is 216 cm³/mol. The maximum Gasteiger partial charge on any atom is 0.250 e. The molecule has 2 heteroatoms. The van der Waals surface area contributed by atoms with E-state index >= 15 is 0 Å². The van der Waals surface area contributed by atoms with Crippen LogP contribution in [0.3, 0.4) is 0 Å². The van der Waals surface area contributed by atoms with E-state index in [9.17, 15) is 8.78 Å². The fourth-order valence-corrected chi connectivity index (χ4v) is 11.0. The Labute approximate surface area is 315 Å². The molecular weight excluding hydrogens is 627 g/mol. The van der Waals surface area contributed by atoms with Gasteiger partial charge in [-0.3, -0.25) is 0 Å². The first-order valence-electron chi connectivity index (χ1n) is 22.8. The molecule has 6 rings (SSSR count). The first kappa shape index (κ1) is 41.0. The van der Waals surface area contributed by atoms with Crippen LogP contribution in [0.2, 0.25) is 0 Å². The van der Waals surface area contributed by atoms with Gasteiger partial charge in [-0.15, -0.1) is 0 Å². The molecule has 0 nitrogen and oxygen atoms in total. The second-order valence-electron chi connectivity index (χ2n) is 19.4. The second kappa shape index (κ2) is 21.1. The zero-order valence-corrected chi connectivity index (χ0v) is 33.9. The van der Waals surface area contributed by atoms with Gasteiger partial charge in [-0.25, -0.2) is 8.78 Å². The van der Waals surface area contributed by atoms with Crippen molar-refractivity contribution in [2.75, 3.05) is 0 Å². The van der Waals surface area contributed by atoms with Gasteiger partial charge < -0.3 is 0 Å². The molecule has 290 valence electrons. The highest BCUT2D eigenvalue weighted by Gasteiger charge is 2.42. The molecule has 5 aliphatic rings. The molecule has 0 N–H and O–H groups in total. The van der Waals surface area contributed by atoms with Crippen LogP contribution in [0.4, 0.5) is 8.78 Å². The van der Waals surface area contributed by atoms with Crippen molar-refractivity contribution < 1.29 is 8.78 Å². The number of benzene rings is 1. The number of alkyl halides is 2. The summed E-state index contributed by atoms with van der Waals surface area (Å²) in [5, 5.41) is 0. The molecule has 5 saturated carbocycles. The van der Waals surface area contributed by atoms with Crippen molar-refractivity contribution in [3.8, 4) is 0 Å². The summed E-state index contributed by atoms with van der Waals surface area (Å²) < 4.78 is 27.7. The highest BCUT2D eigenvalue weighted by atomic mass is 19.3. The molecular formula is C49H80F2. The van der Waals surface area contributed by atoms with Crippen LogP contribution in [0.15, 0.2) is 36.4 Å². The van der Waals surface area contributed by atoms with E-state index in [4.69, 9.17) is 0 Å². The number of unbranched alkanes of at least 4 members (excludes halogenated alkanes) is 4. The SMILES string of the molecule is CC1CCC(C=CC2CCC(CCCCCCCC3CCC(C)C(F)(F)C3)CC2)CC1.Cc1ccc(C2CCC(C3CCC(C)CC3)CC2)cc1. The quantitative estimate of drug-likeness (QED) is 0.150. The Bertz CT molecular complexity index is 1090. The van der Waals surface area contributed by atoms with Crippen LogP contribution in [-0.4, -0.2) is 5.92 Å². The molecule has 0 aliphatic heterocycles. The lowest BCUT2D eigenvalue weighted by Gasteiger charge is -2.37. The van der Waals surface area contributed by atoms with Gasteiger partial charge in [0.2, 0.25) is 0 Å². The number of rotatable bonds is 12. The van der Waals surface area contributed by atoms with Gasteiger partial charge in [0.05, 0.1) is 0 Å². The Balaban J connectivity index is 0.000000216. The summed E-state index contributed by atoms with van der Waals surface area (Å²) in [4.78, 5) is 0. The smallest absolute Gasteiger partial charge is 0.207 e. The van der Waals surface area contributed by atoms with E-state index in [1.165, 1.54) is 140 Å². The fraction of sp³-hybridized carbons (Fsp3) is 0.837. The summed E-state index contributed by atoms with van der Waals surface area (Å²) >= 11 is 0. The van der Waals surface area contributed by atoms with Crippen molar-refractivity contribution in [3.05, 3.63) is 47.5 Å². The summed E-state index contributed by atoms with van der Waals surface area (Å²) in [6.07, 6.45) is 39.1. The van der Waals surface area contributed by atoms with E-state index in [0.29, 0.717) is 0 Å². The lowest BCUT2D eigenvalue weighted by atomic mass is 9.68. The Morgan fingerprint density at radius 1 is 0.529 bits per heavy atom. The van der Waals surface area contributed by atoms with Gasteiger partial charge in [0.1, 0.15) is 0 Å². The minimum atomic E-state index is -2.41. The zero-order chi connectivity index (χ0) is 36.1. The number of hydrogen-bond acceptors (Lipinski definition) is 0. The van der Waals surface area contributed by atoms with E-state index in [1.54, 1.807) is 12.5 Å². The Morgan fingerprint density at radius 2 is 0.980 bits per heavy atom. The molecule has 1 aromatic carbocycles. The van der Waals surface area contributed by atoms with Gasteiger partial charge >= 0.3 is 0 Å². The molecule has 51 heavy (non-hydrogen) atoms. The Hall–Kier alpha value is -1.18. The maximum atomic E-state index is 13.9. The van der Waals surface area contributed by atoms with E-state index < -0.39 is 11.8 Å². The van der Waals surface area contributed by atoms with Crippen LogP contribution in [0.1, 0.15) is 205 Å². The van der Waals surface area contributed by atoms with E-state index in [2.05, 4.69) is 57.2 Å². The van der Waals surface area contributed by atoms with Crippen molar-refractivity contribution >= 4 is 0 Å². The number of allylic oxidation sites excluding steroid dienone is 2. The number of aryl methyl sites for hydroxylation is 1. The summed E-state index contributed by atoms with van der Waals surface area (Å²) in [7, 11) is 0. The minimum Gasteiger partial charge on any atom is -0.207 e. The predicted octanol–water partition coefficient (Wildman–Crippen LogP) is 16.1. The molecule has 2 atom stereocenters. The lowest BCUT2D eigenvalue weighted by Crippen LogP contribution is -2.33. The normalized spacial score (nSPS) is 36.0. The summed E-state index contributed by atoms with van der Waals surface area (Å²) in [6, 6.07) is 9.29. The lowest BCUT2D eigenvalue weighted by molar-refractivity contribution is -0.0964. The van der Waals surface area contributed by atoms with Gasteiger partial charge in [-0.05, 0) is 156 Å². The molecule has 0 spiro atoms. The van der Waals surface area contributed by atoms with Crippen molar-refractivity contribution in [2.24, 2.45) is 53.3 Å². The van der Waals surface area contributed by atoms with E-state index in [-0.39, 0.29) is 12.3 Å². The van der Waals surface area contributed by atoms with Crippen LogP contribution in [0, 0.1) is 60.2 Å². The first-order valence-corrected chi connectivity index (χ1v) is 22.8. The van der Waals surface area contributed by atoms with Crippen molar-refractivity contribution in [1.29, 1.82) is 0 Å². The standard InChI is InChI=1S/C29H50F2.C20H30/c1-23-10-13-26(14-11-23)20-21-27-18-16-25(17-19-27)8-6-4-3-5-7-9-28-15-12-24(2)29(30,31)22-28;1-15-3-7-17(8-4-15)19-11-13-20(14-12-19)18-9-5-16(2)6-10-18/h20-21,23-28H,3-19,22H2,1-2H3;3-4,7-8,16,18-20H,5-6,9-14H2,1-2H3. The van der Waals surface area contributed by atoms with Crippen molar-refractivity contribution in [3.63, 3.8) is 0 Å². The molecule has 0 radical (unpaired) electrons. The molecule has 0 aromatic heterocycles. The third kappa shape index (κ3) is 13.9. The Morgan fingerprint density at radius 3 is 1.53 bits per heavy atom. The second-order valence-corrected chi connectivity index (χ2v) is 19.4. The van der Waals surface area contributed by atoms with Gasteiger partial charge in [0, 0.05) is 12.3 Å². The van der Waals surface area contributed by atoms with Crippen LogP contribution in [0.25, 0.3) is 0 Å². The van der Waals surface area contributed by atoms with Gasteiger partial charge in [0.15, 0.2) is 0 Å². The molecule has 0 saturated heterocycles. The van der Waals surface area contributed by atoms with Crippen LogP contribution < -0.4 is 0 Å². The van der Waals surface area contributed by atoms with Gasteiger partial charge in [-0.1, -0.05) is 133 Å². The molecule has 5 fully saturated rings. The topological polar surface area (TPSA) is 0 Å². The van der Waals surface area contributed by atoms with Crippen molar-refractivity contribution in [1.82, 2.24) is 0 Å². The largest absolute Gasteiger partial charge is 0.250 e. The zero-order valence-electron chi connectivity index (χ0n) is 33.9. The van der Waals surface area contributed by atoms with Crippen LogP contribution in [0.5, 0.6) is 0 Å². The first-order chi connectivity index (χ1) is 24.6. The molecule has 1 aromatic rings. The molecule has 0 amide bonds. The maximum absolute atomic E-state index is 13.9. The average molecular weight is 707 g/mol. The monoisotopic (exact) mass is 707 g/mol. The summed E-state index contributed by atoms with van der Waals surface area (Å²) in [6.45, 7) is 8.75. The number of halogens is 2. The number of hydrogen-bond donors (Lipinski definition) is 0. The van der Waals surface area contributed by atoms with Gasteiger partial charge in [0.25, 0.3) is 5.92 Å². The highest BCUT2D eigenvalue weighted by Crippen LogP contribution is 2.45. The summed E-state index contributed by atoms with van der Waals surface area (Å²) in [5.41, 5.74) is 2.98. The van der Waals surface area contributed by atoms with E-state index in [1.807, 2.05) is 0 Å². The summed E-state index contributed by atoms with van der Waals surface area (Å²) in [5.74, 6) is 5.04. The molecule has 0 heterocycles. The van der Waals surface area contributed by atoms with Crippen LogP contribution >= 0.6 is 0 Å². The molecule has 2 unspecified atom stereocenters. The van der Waals surface area contributed by atoms with E-state index in [0.717, 1.165) is 73.0 Å². The molecule has 5 aliphatic carbocycles. The molecule has 0 bridgehead atoms. The minimum absolute atomic E-state index is 0.145. The third-order valence-electron chi connectivity index (χ3n) is 15.2. The third-order valence-corrected chi connectivity index (χ3v) is 15.2. The van der Waals surface area contributed by atoms with Crippen molar-refractivity contribution in [2.45, 2.75) is 206 Å². The van der Waals surface area contributed by atoms with Crippen LogP contribution in [-0.2, 0) is 0 Å². The Kier molecular flexibility index (Phi) is 16.9. The average Bonchev–Trinajstić information content (AvgIpc) is 3.14.